The topological polar surface area (TPSA) is 9.23 Å². The SMILES string of the molecule is CCCCC1CCC(C2CCC(c3ccc(OC)c(F)c3F)CC2)CC1. The molecule has 1 aromatic carbocycles. The van der Waals surface area contributed by atoms with E-state index in [-0.39, 0.29) is 11.7 Å². The first-order chi connectivity index (χ1) is 12.6. The van der Waals surface area contributed by atoms with Crippen LogP contribution in [0.4, 0.5) is 8.78 Å². The van der Waals surface area contributed by atoms with Crippen molar-refractivity contribution in [3.63, 3.8) is 0 Å². The number of hydrogen-bond acceptors (Lipinski definition) is 1. The minimum Gasteiger partial charge on any atom is -0.494 e. The monoisotopic (exact) mass is 364 g/mol. The zero-order valence-electron chi connectivity index (χ0n) is 16.4. The van der Waals surface area contributed by atoms with E-state index in [1.807, 2.05) is 0 Å². The van der Waals surface area contributed by atoms with Gasteiger partial charge in [-0.25, -0.2) is 4.39 Å². The summed E-state index contributed by atoms with van der Waals surface area (Å²) < 4.78 is 33.3. The Hall–Kier alpha value is -1.12. The third kappa shape index (κ3) is 4.40. The van der Waals surface area contributed by atoms with Crippen LogP contribution in [0.2, 0.25) is 0 Å². The van der Waals surface area contributed by atoms with Crippen molar-refractivity contribution in [3.8, 4) is 5.75 Å². The van der Waals surface area contributed by atoms with Gasteiger partial charge in [0.05, 0.1) is 7.11 Å². The van der Waals surface area contributed by atoms with Gasteiger partial charge in [0.15, 0.2) is 11.6 Å². The van der Waals surface area contributed by atoms with Crippen molar-refractivity contribution in [2.75, 3.05) is 7.11 Å². The molecule has 0 bridgehead atoms. The first-order valence-electron chi connectivity index (χ1n) is 10.7. The van der Waals surface area contributed by atoms with Crippen LogP contribution in [0.1, 0.15) is 89.0 Å². The highest BCUT2D eigenvalue weighted by molar-refractivity contribution is 5.33. The second kappa shape index (κ2) is 9.19. The van der Waals surface area contributed by atoms with Crippen molar-refractivity contribution in [2.24, 2.45) is 17.8 Å². The lowest BCUT2D eigenvalue weighted by Gasteiger charge is -2.38. The molecule has 0 atom stereocenters. The second-order valence-electron chi connectivity index (χ2n) is 8.52. The van der Waals surface area contributed by atoms with Crippen molar-refractivity contribution >= 4 is 0 Å². The predicted octanol–water partition coefficient (Wildman–Crippen LogP) is 7.24. The summed E-state index contributed by atoms with van der Waals surface area (Å²) in [5, 5.41) is 0. The lowest BCUT2D eigenvalue weighted by molar-refractivity contribution is 0.155. The summed E-state index contributed by atoms with van der Waals surface area (Å²) in [6, 6.07) is 3.29. The van der Waals surface area contributed by atoms with Crippen molar-refractivity contribution in [1.29, 1.82) is 0 Å². The molecule has 0 spiro atoms. The van der Waals surface area contributed by atoms with E-state index in [4.69, 9.17) is 4.74 Å². The highest BCUT2D eigenvalue weighted by Gasteiger charge is 2.32. The molecule has 2 aliphatic carbocycles. The van der Waals surface area contributed by atoms with Gasteiger partial charge in [-0.05, 0) is 73.8 Å². The fourth-order valence-electron chi connectivity index (χ4n) is 5.36. The van der Waals surface area contributed by atoms with Gasteiger partial charge in [0.25, 0.3) is 0 Å². The highest BCUT2D eigenvalue weighted by atomic mass is 19.2. The molecular weight excluding hydrogens is 330 g/mol. The number of ether oxygens (including phenoxy) is 1. The molecule has 1 nitrogen and oxygen atoms in total. The number of halogens is 2. The smallest absolute Gasteiger partial charge is 0.200 e. The van der Waals surface area contributed by atoms with Crippen molar-refractivity contribution in [3.05, 3.63) is 29.3 Å². The third-order valence-corrected chi connectivity index (χ3v) is 7.03. The number of rotatable bonds is 6. The van der Waals surface area contributed by atoms with Gasteiger partial charge in [-0.15, -0.1) is 0 Å². The molecule has 3 rings (SSSR count). The molecule has 1 aromatic rings. The molecule has 0 heterocycles. The largest absolute Gasteiger partial charge is 0.494 e. The molecule has 3 heteroatoms. The van der Waals surface area contributed by atoms with Crippen LogP contribution in [0.3, 0.4) is 0 Å². The molecule has 0 saturated heterocycles. The summed E-state index contributed by atoms with van der Waals surface area (Å²) in [5.41, 5.74) is 0.546. The van der Waals surface area contributed by atoms with Crippen molar-refractivity contribution in [2.45, 2.75) is 83.5 Å². The van der Waals surface area contributed by atoms with E-state index in [0.717, 1.165) is 30.6 Å². The van der Waals surface area contributed by atoms with Gasteiger partial charge in [-0.3, -0.25) is 0 Å². The molecule has 0 unspecified atom stereocenters. The Kier molecular flexibility index (Phi) is 6.94. The van der Waals surface area contributed by atoms with Crippen molar-refractivity contribution in [1.82, 2.24) is 0 Å². The van der Waals surface area contributed by atoms with Gasteiger partial charge >= 0.3 is 0 Å². The van der Waals surface area contributed by atoms with Crippen LogP contribution < -0.4 is 4.74 Å². The summed E-state index contributed by atoms with van der Waals surface area (Å²) >= 11 is 0. The normalized spacial score (nSPS) is 29.5. The fraction of sp³-hybridized carbons (Fsp3) is 0.739. The second-order valence-corrected chi connectivity index (χ2v) is 8.52. The minimum atomic E-state index is -0.836. The molecule has 0 radical (unpaired) electrons. The molecule has 0 amide bonds. The van der Waals surface area contributed by atoms with E-state index in [2.05, 4.69) is 6.92 Å². The molecule has 2 fully saturated rings. The van der Waals surface area contributed by atoms with Crippen molar-refractivity contribution < 1.29 is 13.5 Å². The Morgan fingerprint density at radius 1 is 0.885 bits per heavy atom. The van der Waals surface area contributed by atoms with E-state index in [0.29, 0.717) is 5.56 Å². The average molecular weight is 365 g/mol. The van der Waals surface area contributed by atoms with E-state index in [1.54, 1.807) is 12.1 Å². The summed E-state index contributed by atoms with van der Waals surface area (Å²) in [4.78, 5) is 0. The van der Waals surface area contributed by atoms with E-state index in [9.17, 15) is 8.78 Å². The summed E-state index contributed by atoms with van der Waals surface area (Å²) in [7, 11) is 1.37. The number of methoxy groups -OCH3 is 1. The molecular formula is C23H34F2O. The molecule has 26 heavy (non-hydrogen) atoms. The zero-order valence-corrected chi connectivity index (χ0v) is 16.4. The quantitative estimate of drug-likeness (QED) is 0.517. The average Bonchev–Trinajstić information content (AvgIpc) is 2.69. The van der Waals surface area contributed by atoms with Gasteiger partial charge in [-0.2, -0.15) is 4.39 Å². The van der Waals surface area contributed by atoms with Crippen LogP contribution in [-0.4, -0.2) is 7.11 Å². The van der Waals surface area contributed by atoms with Crippen LogP contribution in [0.15, 0.2) is 12.1 Å². The summed E-state index contributed by atoms with van der Waals surface area (Å²) in [5.74, 6) is 1.24. The first kappa shape index (κ1) is 19.6. The Balaban J connectivity index is 1.51. The van der Waals surface area contributed by atoms with Gasteiger partial charge < -0.3 is 4.74 Å². The first-order valence-corrected chi connectivity index (χ1v) is 10.7. The maximum absolute atomic E-state index is 14.4. The molecule has 0 aliphatic heterocycles. The van der Waals surface area contributed by atoms with Gasteiger partial charge in [-0.1, -0.05) is 45.1 Å². The van der Waals surface area contributed by atoms with Crippen LogP contribution in [0.25, 0.3) is 0 Å². The minimum absolute atomic E-state index is 0.000214. The third-order valence-electron chi connectivity index (χ3n) is 7.03. The Morgan fingerprint density at radius 2 is 1.50 bits per heavy atom. The molecule has 0 N–H and O–H groups in total. The number of unbranched alkanes of at least 4 members (excludes halogenated alkanes) is 1. The highest BCUT2D eigenvalue weighted by Crippen LogP contribution is 2.45. The van der Waals surface area contributed by atoms with Crippen LogP contribution >= 0.6 is 0 Å². The Bertz CT molecular complexity index is 570. The van der Waals surface area contributed by atoms with Gasteiger partial charge in [0, 0.05) is 0 Å². The zero-order chi connectivity index (χ0) is 18.5. The molecule has 2 saturated carbocycles. The lowest BCUT2D eigenvalue weighted by atomic mass is 9.68. The Morgan fingerprint density at radius 3 is 2.08 bits per heavy atom. The maximum atomic E-state index is 14.4. The van der Waals surface area contributed by atoms with Gasteiger partial charge in [0.1, 0.15) is 0 Å². The lowest BCUT2D eigenvalue weighted by Crippen LogP contribution is -2.25. The van der Waals surface area contributed by atoms with Crippen LogP contribution in [0, 0.1) is 29.4 Å². The number of benzene rings is 1. The van der Waals surface area contributed by atoms with Crippen LogP contribution in [0.5, 0.6) is 5.75 Å². The summed E-state index contributed by atoms with van der Waals surface area (Å²) in [6.45, 7) is 2.28. The predicted molar refractivity (Wildman–Crippen MR) is 103 cm³/mol. The fourth-order valence-corrected chi connectivity index (χ4v) is 5.36. The van der Waals surface area contributed by atoms with E-state index >= 15 is 0 Å². The maximum Gasteiger partial charge on any atom is 0.200 e. The molecule has 0 aromatic heterocycles. The Labute approximate surface area is 157 Å². The van der Waals surface area contributed by atoms with Gasteiger partial charge in [0.2, 0.25) is 5.82 Å². The molecule has 2 aliphatic rings. The van der Waals surface area contributed by atoms with E-state index < -0.39 is 11.6 Å². The van der Waals surface area contributed by atoms with Crippen LogP contribution in [-0.2, 0) is 0 Å². The summed E-state index contributed by atoms with van der Waals surface area (Å²) in [6.07, 6.45) is 14.0. The number of hydrogen-bond donors (Lipinski definition) is 0. The molecule has 146 valence electrons. The standard InChI is InChI=1S/C23H34F2O/c1-3-4-5-16-6-8-17(9-7-16)18-10-12-19(13-11-18)20-14-15-21(26-2)23(25)22(20)24/h14-19H,3-13H2,1-2H3. The van der Waals surface area contributed by atoms with E-state index in [1.165, 1.54) is 64.9 Å².